The Kier molecular flexibility index (Phi) is 6.46. The highest BCUT2D eigenvalue weighted by atomic mass is 32.2. The van der Waals surface area contributed by atoms with Gasteiger partial charge >= 0.3 is 0 Å². The van der Waals surface area contributed by atoms with Gasteiger partial charge in [-0.2, -0.15) is 0 Å². The van der Waals surface area contributed by atoms with Crippen molar-refractivity contribution in [3.63, 3.8) is 0 Å². The Bertz CT molecular complexity index is 1230. The maximum Gasteiger partial charge on any atom is 0.269 e. The minimum absolute atomic E-state index is 0.0224. The Labute approximate surface area is 188 Å². The second-order valence-corrected chi connectivity index (χ2v) is 8.21. The van der Waals surface area contributed by atoms with Gasteiger partial charge in [-0.25, -0.2) is 4.39 Å². The monoisotopic (exact) mass is 450 g/mol. The number of nitro groups is 1. The molecule has 0 amide bonds. The van der Waals surface area contributed by atoms with Crippen LogP contribution in [0.1, 0.15) is 23.6 Å². The number of hydrogen-bond acceptors (Lipinski definition) is 6. The van der Waals surface area contributed by atoms with Gasteiger partial charge < -0.3 is 4.74 Å². The van der Waals surface area contributed by atoms with Crippen molar-refractivity contribution in [2.45, 2.75) is 23.9 Å². The zero-order valence-corrected chi connectivity index (χ0v) is 17.9. The van der Waals surface area contributed by atoms with Gasteiger partial charge in [0, 0.05) is 23.1 Å². The largest absolute Gasteiger partial charge is 0.483 e. The fourth-order valence-corrected chi connectivity index (χ4v) is 4.13. The number of para-hydroxylation sites is 2. The fourth-order valence-electron chi connectivity index (χ4n) is 3.13. The average Bonchev–Trinajstić information content (AvgIpc) is 3.21. The Hall–Kier alpha value is -3.72. The van der Waals surface area contributed by atoms with E-state index in [0.717, 1.165) is 11.3 Å². The van der Waals surface area contributed by atoms with E-state index in [1.807, 2.05) is 47.9 Å². The number of halogens is 1. The molecule has 0 aliphatic heterocycles. The third-order valence-electron chi connectivity index (χ3n) is 4.74. The lowest BCUT2D eigenvalue weighted by Crippen LogP contribution is -2.07. The summed E-state index contributed by atoms with van der Waals surface area (Å²) in [5, 5.41) is 20.2. The molecule has 0 N–H and O–H groups in total. The van der Waals surface area contributed by atoms with Crippen LogP contribution in [0.2, 0.25) is 0 Å². The number of hydrogen-bond donors (Lipinski definition) is 0. The molecule has 4 aromatic rings. The van der Waals surface area contributed by atoms with Gasteiger partial charge in [0.15, 0.2) is 22.5 Å². The molecule has 0 spiro atoms. The van der Waals surface area contributed by atoms with Crippen LogP contribution in [0.3, 0.4) is 0 Å². The van der Waals surface area contributed by atoms with E-state index in [1.54, 1.807) is 30.3 Å². The van der Waals surface area contributed by atoms with Crippen LogP contribution in [0, 0.1) is 15.9 Å². The smallest absolute Gasteiger partial charge is 0.269 e. The number of rotatable bonds is 8. The Balaban J connectivity index is 1.63. The lowest BCUT2D eigenvalue weighted by atomic mass is 10.1. The van der Waals surface area contributed by atoms with Crippen LogP contribution in [0.25, 0.3) is 5.69 Å². The quantitative estimate of drug-likeness (QED) is 0.193. The number of ether oxygens (including phenoxy) is 1. The maximum absolute atomic E-state index is 14.0. The summed E-state index contributed by atoms with van der Waals surface area (Å²) in [4.78, 5) is 10.7. The van der Waals surface area contributed by atoms with E-state index in [-0.39, 0.29) is 23.3 Å². The number of benzene rings is 3. The first-order valence-corrected chi connectivity index (χ1v) is 10.7. The van der Waals surface area contributed by atoms with Gasteiger partial charge in [-0.3, -0.25) is 14.7 Å². The highest BCUT2D eigenvalue weighted by Gasteiger charge is 2.20. The van der Waals surface area contributed by atoms with Crippen molar-refractivity contribution in [2.24, 2.45) is 0 Å². The Morgan fingerprint density at radius 2 is 1.81 bits per heavy atom. The van der Waals surface area contributed by atoms with E-state index >= 15 is 0 Å². The molecule has 1 unspecified atom stereocenters. The van der Waals surface area contributed by atoms with Crippen molar-refractivity contribution in [3.8, 4) is 11.4 Å². The molecular formula is C23H19FN4O3S. The standard InChI is InChI=1S/C23H19FN4O3S/c1-16(17-8-7-11-19(14-17)28(29)30)32-23-26-25-22(27(23)18-9-3-2-4-10-18)15-31-21-13-6-5-12-20(21)24/h2-14,16H,15H2,1H3. The van der Waals surface area contributed by atoms with Gasteiger partial charge in [0.2, 0.25) is 0 Å². The van der Waals surface area contributed by atoms with Crippen LogP contribution in [-0.2, 0) is 6.61 Å². The van der Waals surface area contributed by atoms with Crippen LogP contribution < -0.4 is 4.74 Å². The first-order valence-electron chi connectivity index (χ1n) is 9.81. The molecule has 0 saturated carbocycles. The van der Waals surface area contributed by atoms with E-state index in [9.17, 15) is 14.5 Å². The molecule has 0 aliphatic carbocycles. The summed E-state index contributed by atoms with van der Waals surface area (Å²) in [6, 6.07) is 22.2. The number of non-ortho nitro benzene ring substituents is 1. The van der Waals surface area contributed by atoms with Gasteiger partial charge in [0.25, 0.3) is 5.69 Å². The number of aromatic nitrogens is 3. The van der Waals surface area contributed by atoms with Crippen molar-refractivity contribution in [3.05, 3.63) is 106 Å². The topological polar surface area (TPSA) is 83.1 Å². The summed E-state index contributed by atoms with van der Waals surface area (Å²) in [6.07, 6.45) is 0. The third-order valence-corrected chi connectivity index (χ3v) is 5.84. The van der Waals surface area contributed by atoms with Crippen LogP contribution in [0.15, 0.2) is 84.0 Å². The normalized spacial score (nSPS) is 11.8. The van der Waals surface area contributed by atoms with Crippen molar-refractivity contribution < 1.29 is 14.1 Å². The van der Waals surface area contributed by atoms with Crippen molar-refractivity contribution in [1.82, 2.24) is 14.8 Å². The fraction of sp³-hybridized carbons (Fsp3) is 0.130. The molecule has 3 aromatic carbocycles. The molecule has 4 rings (SSSR count). The third kappa shape index (κ3) is 4.78. The van der Waals surface area contributed by atoms with E-state index < -0.39 is 10.7 Å². The minimum Gasteiger partial charge on any atom is -0.483 e. The predicted octanol–water partition coefficient (Wildman–Crippen LogP) is 5.75. The summed E-state index contributed by atoms with van der Waals surface area (Å²) in [7, 11) is 0. The number of nitrogens with zero attached hydrogens (tertiary/aromatic N) is 4. The van der Waals surface area contributed by atoms with Gasteiger partial charge in [0.05, 0.1) is 4.92 Å². The summed E-state index contributed by atoms with van der Waals surface area (Å²) in [6.45, 7) is 1.97. The predicted molar refractivity (Wildman–Crippen MR) is 119 cm³/mol. The second kappa shape index (κ2) is 9.61. The molecule has 0 fully saturated rings. The Morgan fingerprint density at radius 3 is 2.56 bits per heavy atom. The summed E-state index contributed by atoms with van der Waals surface area (Å²) in [5.74, 6) is 0.189. The minimum atomic E-state index is -0.452. The highest BCUT2D eigenvalue weighted by molar-refractivity contribution is 7.99. The highest BCUT2D eigenvalue weighted by Crippen LogP contribution is 2.36. The number of thioether (sulfide) groups is 1. The van der Waals surface area contributed by atoms with Crippen molar-refractivity contribution in [1.29, 1.82) is 0 Å². The molecule has 1 atom stereocenters. The molecule has 0 radical (unpaired) electrons. The van der Waals surface area contributed by atoms with E-state index in [2.05, 4.69) is 10.2 Å². The van der Waals surface area contributed by atoms with Gasteiger partial charge in [-0.1, -0.05) is 54.2 Å². The van der Waals surface area contributed by atoms with Crippen molar-refractivity contribution >= 4 is 17.4 Å². The van der Waals surface area contributed by atoms with Crippen molar-refractivity contribution in [2.75, 3.05) is 0 Å². The van der Waals surface area contributed by atoms with Crippen LogP contribution in [0.5, 0.6) is 5.75 Å². The molecule has 0 bridgehead atoms. The maximum atomic E-state index is 14.0. The lowest BCUT2D eigenvalue weighted by molar-refractivity contribution is -0.384. The van der Waals surface area contributed by atoms with E-state index in [4.69, 9.17) is 4.74 Å². The first kappa shape index (κ1) is 21.5. The Morgan fingerprint density at radius 1 is 1.06 bits per heavy atom. The molecule has 9 heteroatoms. The lowest BCUT2D eigenvalue weighted by Gasteiger charge is -2.14. The first-order chi connectivity index (χ1) is 15.5. The van der Waals surface area contributed by atoms with Gasteiger partial charge in [-0.05, 0) is 36.8 Å². The molecular weight excluding hydrogens is 431 g/mol. The van der Waals surface area contributed by atoms with Gasteiger partial charge in [0.1, 0.15) is 6.61 Å². The summed E-state index contributed by atoms with van der Waals surface area (Å²) >= 11 is 1.42. The summed E-state index contributed by atoms with van der Waals surface area (Å²) in [5.41, 5.74) is 1.67. The number of nitro benzene ring substituents is 1. The van der Waals surface area contributed by atoms with Crippen LogP contribution >= 0.6 is 11.8 Å². The molecule has 162 valence electrons. The second-order valence-electron chi connectivity index (χ2n) is 6.90. The SMILES string of the molecule is CC(Sc1nnc(COc2ccccc2F)n1-c1ccccc1)c1cccc([N+](=O)[O-])c1. The summed E-state index contributed by atoms with van der Waals surface area (Å²) < 4.78 is 21.4. The zero-order valence-electron chi connectivity index (χ0n) is 17.1. The van der Waals surface area contributed by atoms with Crippen LogP contribution in [-0.4, -0.2) is 19.7 Å². The molecule has 1 aromatic heterocycles. The average molecular weight is 450 g/mol. The molecule has 0 saturated heterocycles. The van der Waals surface area contributed by atoms with E-state index in [0.29, 0.717) is 11.0 Å². The molecule has 32 heavy (non-hydrogen) atoms. The molecule has 0 aliphatic rings. The molecule has 1 heterocycles. The van der Waals surface area contributed by atoms with E-state index in [1.165, 1.54) is 23.9 Å². The van der Waals surface area contributed by atoms with Gasteiger partial charge in [-0.15, -0.1) is 10.2 Å². The van der Waals surface area contributed by atoms with Crippen LogP contribution in [0.4, 0.5) is 10.1 Å². The zero-order chi connectivity index (χ0) is 22.5. The molecule has 7 nitrogen and oxygen atoms in total.